The van der Waals surface area contributed by atoms with Crippen molar-refractivity contribution in [1.82, 2.24) is 19.8 Å². The molecule has 0 bridgehead atoms. The molecule has 29 heavy (non-hydrogen) atoms. The van der Waals surface area contributed by atoms with E-state index in [1.54, 1.807) is 11.3 Å². The molecule has 154 valence electrons. The van der Waals surface area contributed by atoms with Crippen molar-refractivity contribution in [3.05, 3.63) is 39.1 Å². The summed E-state index contributed by atoms with van der Waals surface area (Å²) in [5.41, 5.74) is 1.38. The second-order valence-electron chi connectivity index (χ2n) is 7.71. The normalized spacial score (nSPS) is 19.7. The van der Waals surface area contributed by atoms with Gasteiger partial charge in [-0.25, -0.2) is 4.98 Å². The average Bonchev–Trinajstić information content (AvgIpc) is 3.40. The molecule has 2 fully saturated rings. The third kappa shape index (κ3) is 4.58. The second kappa shape index (κ2) is 8.90. The number of nitrogens with zero attached hydrogens (tertiary/aromatic N) is 3. The van der Waals surface area contributed by atoms with Gasteiger partial charge in [0.2, 0.25) is 11.8 Å². The molecule has 2 aromatic heterocycles. The van der Waals surface area contributed by atoms with E-state index in [-0.39, 0.29) is 23.4 Å². The maximum Gasteiger partial charge on any atom is 0.251 e. The lowest BCUT2D eigenvalue weighted by Gasteiger charge is -2.35. The Kier molecular flexibility index (Phi) is 6.08. The van der Waals surface area contributed by atoms with Gasteiger partial charge >= 0.3 is 0 Å². The highest BCUT2D eigenvalue weighted by atomic mass is 32.1. The molecule has 0 aromatic carbocycles. The summed E-state index contributed by atoms with van der Waals surface area (Å²) in [5.74, 6) is 0.840. The molecule has 4 heterocycles. The molecule has 2 saturated heterocycles. The predicted octanol–water partition coefficient (Wildman–Crippen LogP) is 2.95. The van der Waals surface area contributed by atoms with Gasteiger partial charge in [0.05, 0.1) is 11.7 Å². The topological polar surface area (TPSA) is 86.4 Å². The number of hydrogen-bond donors (Lipinski definition) is 1. The third-order valence-corrected chi connectivity index (χ3v) is 6.39. The molecule has 0 radical (unpaired) electrons. The highest BCUT2D eigenvalue weighted by molar-refractivity contribution is 7.08. The zero-order valence-electron chi connectivity index (χ0n) is 16.4. The molecule has 2 aliphatic rings. The van der Waals surface area contributed by atoms with Crippen molar-refractivity contribution < 1.29 is 9.59 Å². The van der Waals surface area contributed by atoms with Gasteiger partial charge in [-0.2, -0.15) is 11.3 Å². The maximum absolute atomic E-state index is 12.9. The van der Waals surface area contributed by atoms with E-state index in [4.69, 9.17) is 0 Å². The van der Waals surface area contributed by atoms with Gasteiger partial charge in [-0.3, -0.25) is 14.4 Å². The maximum atomic E-state index is 12.9. The van der Waals surface area contributed by atoms with Crippen LogP contribution >= 0.6 is 11.3 Å². The summed E-state index contributed by atoms with van der Waals surface area (Å²) in [6.45, 7) is 2.13. The molecule has 0 aliphatic carbocycles. The number of nitrogens with one attached hydrogen (secondary N) is 1. The van der Waals surface area contributed by atoms with E-state index in [0.717, 1.165) is 37.8 Å². The lowest BCUT2D eigenvalue weighted by atomic mass is 10.00. The summed E-state index contributed by atoms with van der Waals surface area (Å²) in [6, 6.07) is 3.25. The average molecular weight is 415 g/mol. The molecule has 0 unspecified atom stereocenters. The van der Waals surface area contributed by atoms with E-state index in [1.165, 1.54) is 6.07 Å². The van der Waals surface area contributed by atoms with Crippen LogP contribution in [0.15, 0.2) is 27.7 Å². The molecular formula is C21H26N4O3S. The van der Waals surface area contributed by atoms with Gasteiger partial charge in [0, 0.05) is 49.5 Å². The van der Waals surface area contributed by atoms with Crippen LogP contribution in [0.4, 0.5) is 0 Å². The number of rotatable bonds is 6. The molecule has 4 rings (SSSR count). The predicted molar refractivity (Wildman–Crippen MR) is 112 cm³/mol. The molecule has 1 atom stereocenters. The highest BCUT2D eigenvalue weighted by Gasteiger charge is 2.30. The highest BCUT2D eigenvalue weighted by Crippen LogP contribution is 2.30. The summed E-state index contributed by atoms with van der Waals surface area (Å²) in [7, 11) is 0. The summed E-state index contributed by atoms with van der Waals surface area (Å²) in [4.78, 5) is 48.2. The van der Waals surface area contributed by atoms with E-state index < -0.39 is 0 Å². The van der Waals surface area contributed by atoms with Gasteiger partial charge in [-0.1, -0.05) is 0 Å². The monoisotopic (exact) mass is 414 g/mol. The van der Waals surface area contributed by atoms with Crippen LogP contribution in [0.25, 0.3) is 11.3 Å². The van der Waals surface area contributed by atoms with Crippen molar-refractivity contribution in [3.63, 3.8) is 0 Å². The summed E-state index contributed by atoms with van der Waals surface area (Å²) in [6.07, 6.45) is 5.39. The van der Waals surface area contributed by atoms with Crippen molar-refractivity contribution in [2.24, 2.45) is 0 Å². The van der Waals surface area contributed by atoms with Crippen LogP contribution in [-0.4, -0.2) is 51.2 Å². The van der Waals surface area contributed by atoms with Gasteiger partial charge in [-0.05, 0) is 43.6 Å². The van der Waals surface area contributed by atoms with E-state index in [2.05, 4.69) is 9.97 Å². The number of aromatic amines is 1. The number of aromatic nitrogens is 2. The van der Waals surface area contributed by atoms with Crippen molar-refractivity contribution in [2.45, 2.75) is 51.0 Å². The number of likely N-dealkylation sites (tertiary alicyclic amines) is 2. The molecule has 7 nitrogen and oxygen atoms in total. The van der Waals surface area contributed by atoms with Crippen LogP contribution in [0.5, 0.6) is 0 Å². The van der Waals surface area contributed by atoms with Gasteiger partial charge in [0.25, 0.3) is 5.56 Å². The fraction of sp³-hybridized carbons (Fsp3) is 0.524. The number of hydrogen-bond acceptors (Lipinski definition) is 5. The minimum Gasteiger partial charge on any atom is -0.343 e. The number of carbonyl (C=O) groups is 2. The van der Waals surface area contributed by atoms with Crippen molar-refractivity contribution in [3.8, 4) is 11.3 Å². The Morgan fingerprint density at radius 2 is 2.14 bits per heavy atom. The molecular weight excluding hydrogens is 388 g/mol. The smallest absolute Gasteiger partial charge is 0.251 e. The number of carbonyl (C=O) groups excluding carboxylic acids is 2. The number of H-pyrrole nitrogens is 1. The van der Waals surface area contributed by atoms with Crippen LogP contribution in [-0.2, 0) is 9.59 Å². The Balaban J connectivity index is 1.46. The standard InChI is InChI=1S/C21H26N4O3S/c26-18-13-16(15-8-12-29-14-15)22-21(23-18)17-5-1-2-11-25(17)20(28)7-4-10-24-9-3-6-19(24)27/h8,12-14,17H,1-7,9-11H2,(H,22,23,26)/t17-/m0/s1. The fourth-order valence-corrected chi connectivity index (χ4v) is 4.86. The van der Waals surface area contributed by atoms with Gasteiger partial charge < -0.3 is 14.8 Å². The first-order valence-electron chi connectivity index (χ1n) is 10.3. The molecule has 2 amide bonds. The van der Waals surface area contributed by atoms with Gasteiger partial charge in [-0.15, -0.1) is 0 Å². The van der Waals surface area contributed by atoms with Crippen molar-refractivity contribution in [1.29, 1.82) is 0 Å². The Morgan fingerprint density at radius 3 is 2.90 bits per heavy atom. The number of thiophene rings is 1. The summed E-state index contributed by atoms with van der Waals surface area (Å²) < 4.78 is 0. The number of piperidine rings is 1. The largest absolute Gasteiger partial charge is 0.343 e. The van der Waals surface area contributed by atoms with Crippen LogP contribution in [0.3, 0.4) is 0 Å². The van der Waals surface area contributed by atoms with Crippen LogP contribution in [0, 0.1) is 0 Å². The first kappa shape index (κ1) is 19.8. The lowest BCUT2D eigenvalue weighted by Crippen LogP contribution is -2.40. The SMILES string of the molecule is O=C1CCCN1CCCC(=O)N1CCCC[C@H]1c1nc(-c2ccsc2)cc(=O)[nH]1. The summed E-state index contributed by atoms with van der Waals surface area (Å²) >= 11 is 1.56. The van der Waals surface area contributed by atoms with Crippen molar-refractivity contribution in [2.75, 3.05) is 19.6 Å². The minimum absolute atomic E-state index is 0.0740. The molecule has 2 aromatic rings. The van der Waals surface area contributed by atoms with Crippen LogP contribution in [0.1, 0.15) is 56.8 Å². The minimum atomic E-state index is -0.198. The molecule has 1 N–H and O–H groups in total. The second-order valence-corrected chi connectivity index (χ2v) is 8.49. The molecule has 0 saturated carbocycles. The summed E-state index contributed by atoms with van der Waals surface area (Å²) in [5, 5.41) is 3.93. The Bertz CT molecular complexity index is 924. The molecule has 0 spiro atoms. The quantitative estimate of drug-likeness (QED) is 0.787. The van der Waals surface area contributed by atoms with E-state index in [0.29, 0.717) is 43.9 Å². The Hall–Kier alpha value is -2.48. The first-order valence-corrected chi connectivity index (χ1v) is 11.3. The van der Waals surface area contributed by atoms with E-state index in [9.17, 15) is 14.4 Å². The van der Waals surface area contributed by atoms with Gasteiger partial charge in [0.15, 0.2) is 0 Å². The Morgan fingerprint density at radius 1 is 1.24 bits per heavy atom. The van der Waals surface area contributed by atoms with Crippen molar-refractivity contribution >= 4 is 23.2 Å². The van der Waals surface area contributed by atoms with Gasteiger partial charge in [0.1, 0.15) is 5.82 Å². The Labute approximate surface area is 173 Å². The number of amides is 2. The van der Waals surface area contributed by atoms with Crippen LogP contribution < -0.4 is 5.56 Å². The zero-order chi connectivity index (χ0) is 20.2. The third-order valence-electron chi connectivity index (χ3n) is 5.71. The fourth-order valence-electron chi connectivity index (χ4n) is 4.21. The first-order chi connectivity index (χ1) is 14.1. The van der Waals surface area contributed by atoms with Crippen LogP contribution in [0.2, 0.25) is 0 Å². The molecule has 8 heteroatoms. The van der Waals surface area contributed by atoms with E-state index >= 15 is 0 Å². The lowest BCUT2D eigenvalue weighted by molar-refractivity contribution is -0.136. The van der Waals surface area contributed by atoms with E-state index in [1.807, 2.05) is 26.6 Å². The molecule has 2 aliphatic heterocycles. The zero-order valence-corrected chi connectivity index (χ0v) is 17.2.